The van der Waals surface area contributed by atoms with Gasteiger partial charge in [0.25, 0.3) is 5.78 Å². The van der Waals surface area contributed by atoms with Crippen LogP contribution in [0, 0.1) is 5.92 Å². The molecule has 1 atom stereocenters. The Morgan fingerprint density at radius 3 is 2.57 bits per heavy atom. The van der Waals surface area contributed by atoms with Gasteiger partial charge in [-0.3, -0.25) is 4.79 Å². The standard InChI is InChI=1S/C27H35F3N2O4S/c1-26(2,3)25-31-21-14-19(7-8-22(21)32(25)16-18-9-12-34-13-10-18)37-20(15-23(33)27(28,29)30)17-36-24-6-4-5-11-35-24/h7-8,14-15,18,24H,4-6,9-13,16-17H2,1-3H3/b20-15-. The van der Waals surface area contributed by atoms with Crippen LogP contribution < -0.4 is 0 Å². The van der Waals surface area contributed by atoms with Crippen LogP contribution in [0.4, 0.5) is 13.2 Å². The second kappa shape index (κ2) is 11.9. The molecule has 0 N–H and O–H groups in total. The molecule has 2 aliphatic heterocycles. The summed E-state index contributed by atoms with van der Waals surface area (Å²) < 4.78 is 58.1. The van der Waals surface area contributed by atoms with Gasteiger partial charge in [0.05, 0.1) is 17.6 Å². The first-order chi connectivity index (χ1) is 17.5. The number of ketones is 1. The Morgan fingerprint density at radius 1 is 1.16 bits per heavy atom. The Bertz CT molecular complexity index is 1110. The fourth-order valence-corrected chi connectivity index (χ4v) is 5.52. The van der Waals surface area contributed by atoms with Crippen molar-refractivity contribution in [3.05, 3.63) is 35.0 Å². The predicted molar refractivity (Wildman–Crippen MR) is 137 cm³/mol. The number of rotatable bonds is 8. The van der Waals surface area contributed by atoms with E-state index in [1.807, 2.05) is 18.2 Å². The van der Waals surface area contributed by atoms with Crippen LogP contribution in [0.25, 0.3) is 11.0 Å². The highest BCUT2D eigenvalue weighted by molar-refractivity contribution is 8.03. The van der Waals surface area contributed by atoms with Crippen LogP contribution in [-0.4, -0.2) is 54.2 Å². The van der Waals surface area contributed by atoms with Gasteiger partial charge in [-0.2, -0.15) is 13.2 Å². The molecule has 2 fully saturated rings. The van der Waals surface area contributed by atoms with Crippen LogP contribution in [0.2, 0.25) is 0 Å². The average molecular weight is 541 g/mol. The maximum absolute atomic E-state index is 13.0. The highest BCUT2D eigenvalue weighted by Crippen LogP contribution is 2.34. The molecule has 0 amide bonds. The van der Waals surface area contributed by atoms with Gasteiger partial charge in [-0.05, 0) is 56.2 Å². The number of halogens is 3. The third-order valence-corrected chi connectivity index (χ3v) is 7.53. The van der Waals surface area contributed by atoms with Crippen LogP contribution in [-0.2, 0) is 31.0 Å². The maximum Gasteiger partial charge on any atom is 0.454 e. The first-order valence-electron chi connectivity index (χ1n) is 12.8. The van der Waals surface area contributed by atoms with E-state index in [0.29, 0.717) is 29.9 Å². The SMILES string of the molecule is CC(C)(C)c1nc2cc(S/C(=C\C(=O)C(F)(F)F)COC3CCCCO3)ccc2n1CC1CCOCC1. The lowest BCUT2D eigenvalue weighted by Crippen LogP contribution is -2.25. The third-order valence-electron chi connectivity index (χ3n) is 6.54. The summed E-state index contributed by atoms with van der Waals surface area (Å²) in [5.41, 5.74) is 1.58. The lowest BCUT2D eigenvalue weighted by Gasteiger charge is -2.26. The first-order valence-corrected chi connectivity index (χ1v) is 13.6. The van der Waals surface area contributed by atoms with Gasteiger partial charge in [0.2, 0.25) is 0 Å². The third kappa shape index (κ3) is 7.59. The highest BCUT2D eigenvalue weighted by Gasteiger charge is 2.37. The van der Waals surface area contributed by atoms with Gasteiger partial charge in [0.15, 0.2) is 6.29 Å². The second-order valence-electron chi connectivity index (χ2n) is 10.7. The molecule has 6 nitrogen and oxygen atoms in total. The van der Waals surface area contributed by atoms with Crippen molar-refractivity contribution in [2.75, 3.05) is 26.4 Å². The molecule has 0 saturated carbocycles. The summed E-state index contributed by atoms with van der Waals surface area (Å²) in [4.78, 5) is 17.6. The molecule has 4 rings (SSSR count). The fraction of sp³-hybridized carbons (Fsp3) is 0.630. The van der Waals surface area contributed by atoms with Gasteiger partial charge in [-0.15, -0.1) is 0 Å². The van der Waals surface area contributed by atoms with Crippen molar-refractivity contribution in [2.24, 2.45) is 5.92 Å². The topological polar surface area (TPSA) is 62.6 Å². The molecular weight excluding hydrogens is 505 g/mol. The minimum absolute atomic E-state index is 0.138. The number of hydrogen-bond acceptors (Lipinski definition) is 6. The zero-order chi connectivity index (χ0) is 26.6. The molecule has 0 spiro atoms. The Hall–Kier alpha value is -1.88. The van der Waals surface area contributed by atoms with Crippen molar-refractivity contribution in [3.63, 3.8) is 0 Å². The minimum Gasteiger partial charge on any atom is -0.381 e. The zero-order valence-corrected chi connectivity index (χ0v) is 22.4. The molecule has 1 unspecified atom stereocenters. The normalized spacial score (nSPS) is 20.5. The minimum atomic E-state index is -4.94. The number of ether oxygens (including phenoxy) is 3. The summed E-state index contributed by atoms with van der Waals surface area (Å²) in [7, 11) is 0. The number of fused-ring (bicyclic) bond motifs is 1. The number of carbonyl (C=O) groups excluding carboxylic acids is 1. The van der Waals surface area contributed by atoms with Crippen LogP contribution in [0.3, 0.4) is 0 Å². The molecule has 3 heterocycles. The monoisotopic (exact) mass is 540 g/mol. The maximum atomic E-state index is 13.0. The van der Waals surface area contributed by atoms with E-state index in [9.17, 15) is 18.0 Å². The molecule has 2 aromatic rings. The van der Waals surface area contributed by atoms with E-state index in [4.69, 9.17) is 19.2 Å². The van der Waals surface area contributed by atoms with Gasteiger partial charge >= 0.3 is 6.18 Å². The molecule has 0 bridgehead atoms. The molecule has 204 valence electrons. The Labute approximate surface area is 219 Å². The van der Waals surface area contributed by atoms with E-state index in [2.05, 4.69) is 25.3 Å². The Balaban J connectivity index is 1.59. The quantitative estimate of drug-likeness (QED) is 0.285. The molecule has 0 radical (unpaired) electrons. The Kier molecular flexibility index (Phi) is 9.04. The molecule has 1 aromatic heterocycles. The van der Waals surface area contributed by atoms with E-state index >= 15 is 0 Å². The van der Waals surface area contributed by atoms with Crippen LogP contribution >= 0.6 is 11.8 Å². The van der Waals surface area contributed by atoms with Crippen LogP contribution in [0.5, 0.6) is 0 Å². The summed E-state index contributed by atoms with van der Waals surface area (Å²) >= 11 is 1.09. The summed E-state index contributed by atoms with van der Waals surface area (Å²) in [6, 6.07) is 5.71. The van der Waals surface area contributed by atoms with Gasteiger partial charge in [0.1, 0.15) is 5.82 Å². The smallest absolute Gasteiger partial charge is 0.381 e. The summed E-state index contributed by atoms with van der Waals surface area (Å²) in [6.45, 7) is 9.17. The van der Waals surface area contributed by atoms with Crippen LogP contribution in [0.1, 0.15) is 58.7 Å². The summed E-state index contributed by atoms with van der Waals surface area (Å²) in [6.07, 6.45) is -0.243. The van der Waals surface area contributed by atoms with E-state index < -0.39 is 18.2 Å². The molecule has 2 saturated heterocycles. The lowest BCUT2D eigenvalue weighted by molar-refractivity contribution is -0.165. The number of alkyl halides is 3. The molecule has 2 aliphatic rings. The van der Waals surface area contributed by atoms with Gasteiger partial charge in [-0.25, -0.2) is 4.98 Å². The van der Waals surface area contributed by atoms with Gasteiger partial charge in [-0.1, -0.05) is 32.5 Å². The number of imidazole rings is 1. The number of hydrogen-bond donors (Lipinski definition) is 0. The van der Waals surface area contributed by atoms with Crippen molar-refractivity contribution in [1.82, 2.24) is 9.55 Å². The number of carbonyl (C=O) groups is 1. The molecular formula is C27H35F3N2O4S. The molecule has 37 heavy (non-hydrogen) atoms. The number of thioether (sulfide) groups is 1. The van der Waals surface area contributed by atoms with E-state index in [0.717, 1.165) is 74.1 Å². The molecule has 0 aliphatic carbocycles. The van der Waals surface area contributed by atoms with Crippen molar-refractivity contribution in [3.8, 4) is 0 Å². The van der Waals surface area contributed by atoms with E-state index in [1.54, 1.807) is 0 Å². The van der Waals surface area contributed by atoms with Crippen molar-refractivity contribution in [2.45, 2.75) is 82.2 Å². The number of nitrogens with zero attached hydrogens (tertiary/aromatic N) is 2. The summed E-state index contributed by atoms with van der Waals surface area (Å²) in [5.74, 6) is -0.430. The first kappa shape index (κ1) is 28.1. The van der Waals surface area contributed by atoms with E-state index in [1.165, 1.54) is 0 Å². The van der Waals surface area contributed by atoms with Crippen LogP contribution in [0.15, 0.2) is 34.1 Å². The summed E-state index contributed by atoms with van der Waals surface area (Å²) in [5, 5.41) is 0. The molecule has 10 heteroatoms. The average Bonchev–Trinajstić information content (AvgIpc) is 3.21. The number of aromatic nitrogens is 2. The largest absolute Gasteiger partial charge is 0.454 e. The number of benzene rings is 1. The predicted octanol–water partition coefficient (Wildman–Crippen LogP) is 6.41. The van der Waals surface area contributed by atoms with Gasteiger partial charge in [0, 0.05) is 47.7 Å². The van der Waals surface area contributed by atoms with Crippen molar-refractivity contribution >= 4 is 28.6 Å². The van der Waals surface area contributed by atoms with Gasteiger partial charge < -0.3 is 18.8 Å². The van der Waals surface area contributed by atoms with Crippen molar-refractivity contribution in [1.29, 1.82) is 0 Å². The lowest BCUT2D eigenvalue weighted by atomic mass is 9.94. The van der Waals surface area contributed by atoms with E-state index in [-0.39, 0.29) is 16.9 Å². The molecule has 1 aromatic carbocycles. The Morgan fingerprint density at radius 2 is 1.92 bits per heavy atom. The second-order valence-corrected chi connectivity index (χ2v) is 11.9. The zero-order valence-electron chi connectivity index (χ0n) is 21.6. The fourth-order valence-electron chi connectivity index (χ4n) is 4.62. The van der Waals surface area contributed by atoms with Crippen molar-refractivity contribution < 1.29 is 32.2 Å². The number of allylic oxidation sites excluding steroid dienone is 1. The highest BCUT2D eigenvalue weighted by atomic mass is 32.2.